The van der Waals surface area contributed by atoms with Crippen LogP contribution in [-0.4, -0.2) is 36.6 Å². The molecule has 8 heteroatoms. The Morgan fingerprint density at radius 2 is 1.89 bits per heavy atom. The van der Waals surface area contributed by atoms with Crippen molar-refractivity contribution in [3.8, 4) is 23.2 Å². The van der Waals surface area contributed by atoms with Gasteiger partial charge in [-0.25, -0.2) is 19.3 Å². The zero-order chi connectivity index (χ0) is 25.4. The summed E-state index contributed by atoms with van der Waals surface area (Å²) in [6, 6.07) is 12.8. The number of fused-ring (bicyclic) bond motifs is 3. The molecule has 3 N–H and O–H groups in total. The van der Waals surface area contributed by atoms with E-state index in [-0.39, 0.29) is 5.92 Å². The van der Waals surface area contributed by atoms with Crippen LogP contribution in [-0.2, 0) is 4.79 Å². The fraction of sp³-hybridized carbons (Fsp3) is 0.310. The molecule has 0 aliphatic heterocycles. The fourth-order valence-corrected chi connectivity index (χ4v) is 6.14. The van der Waals surface area contributed by atoms with Gasteiger partial charge in [-0.05, 0) is 55.7 Å². The van der Waals surface area contributed by atoms with Crippen molar-refractivity contribution in [3.05, 3.63) is 71.9 Å². The Morgan fingerprint density at radius 3 is 2.65 bits per heavy atom. The van der Waals surface area contributed by atoms with Gasteiger partial charge in [-0.1, -0.05) is 37.0 Å². The van der Waals surface area contributed by atoms with Crippen LogP contribution in [0.2, 0.25) is 0 Å². The molecule has 3 heterocycles. The highest BCUT2D eigenvalue weighted by Crippen LogP contribution is 2.49. The average Bonchev–Trinajstić information content (AvgIpc) is 3.30. The van der Waals surface area contributed by atoms with E-state index in [0.717, 1.165) is 50.3 Å². The second-order valence-corrected chi connectivity index (χ2v) is 9.97. The Labute approximate surface area is 213 Å². The second kappa shape index (κ2) is 9.32. The number of pyridine rings is 1. The van der Waals surface area contributed by atoms with Gasteiger partial charge in [0.05, 0.1) is 17.7 Å². The number of aromatic amines is 1. The maximum Gasteiger partial charge on any atom is 0.309 e. The standard InChI is InChI=1S/C29H26FN5O2/c30-20-14-22-23(17-32-26(22)31-16-20)27-33-21(11-10-18-6-2-1-3-7-18)15-24(34-27)35-29-12-4-8-19(9-5-13-29)25(29)28(36)37/h1-3,6-7,14-17,19,25H,4-5,8-9,12-13H2,(H,31,32)(H,36,37)(H,33,34,35). The molecule has 1 unspecified atom stereocenters. The minimum atomic E-state index is -0.756. The number of rotatable bonds is 4. The third-order valence-corrected chi connectivity index (χ3v) is 7.68. The zero-order valence-electron chi connectivity index (χ0n) is 20.2. The Morgan fingerprint density at radius 1 is 1.11 bits per heavy atom. The number of anilines is 1. The van der Waals surface area contributed by atoms with Crippen molar-refractivity contribution < 1.29 is 14.3 Å². The molecular weight excluding hydrogens is 469 g/mol. The Kier molecular flexibility index (Phi) is 5.84. The molecule has 0 radical (unpaired) electrons. The monoisotopic (exact) mass is 495 g/mol. The van der Waals surface area contributed by atoms with Crippen molar-refractivity contribution in [1.82, 2.24) is 19.9 Å². The lowest BCUT2D eigenvalue weighted by molar-refractivity contribution is -0.149. The molecule has 1 aromatic carbocycles. The van der Waals surface area contributed by atoms with E-state index in [4.69, 9.17) is 4.98 Å². The quantitative estimate of drug-likeness (QED) is 0.328. The van der Waals surface area contributed by atoms with Crippen molar-refractivity contribution in [2.45, 2.75) is 44.1 Å². The van der Waals surface area contributed by atoms with Crippen LogP contribution in [0.3, 0.4) is 0 Å². The van der Waals surface area contributed by atoms with Crippen molar-refractivity contribution in [2.75, 3.05) is 5.32 Å². The van der Waals surface area contributed by atoms with E-state index in [1.165, 1.54) is 6.07 Å². The van der Waals surface area contributed by atoms with Crippen molar-refractivity contribution in [1.29, 1.82) is 0 Å². The molecule has 7 nitrogen and oxygen atoms in total. The smallest absolute Gasteiger partial charge is 0.309 e. The van der Waals surface area contributed by atoms with Gasteiger partial charge in [0.2, 0.25) is 0 Å². The summed E-state index contributed by atoms with van der Waals surface area (Å²) in [6.45, 7) is 0. The summed E-state index contributed by atoms with van der Waals surface area (Å²) in [5.41, 5.74) is 1.90. The molecule has 2 aliphatic rings. The lowest BCUT2D eigenvalue weighted by Crippen LogP contribution is -2.56. The summed E-state index contributed by atoms with van der Waals surface area (Å²) in [7, 11) is 0. The summed E-state index contributed by atoms with van der Waals surface area (Å²) < 4.78 is 14.0. The molecule has 6 rings (SSSR count). The summed E-state index contributed by atoms with van der Waals surface area (Å²) in [5, 5.41) is 14.3. The zero-order valence-corrected chi connectivity index (χ0v) is 20.2. The number of benzene rings is 1. The minimum absolute atomic E-state index is 0.161. The molecule has 2 aliphatic carbocycles. The number of carboxylic acids is 1. The van der Waals surface area contributed by atoms with E-state index in [0.29, 0.717) is 33.9 Å². The van der Waals surface area contributed by atoms with Crippen LogP contribution < -0.4 is 5.32 Å². The topological polar surface area (TPSA) is 104 Å². The number of carboxylic acid groups (broad SMARTS) is 1. The summed E-state index contributed by atoms with van der Waals surface area (Å²) in [6.07, 6.45) is 8.25. The van der Waals surface area contributed by atoms with E-state index in [2.05, 4.69) is 32.1 Å². The van der Waals surface area contributed by atoms with Crippen LogP contribution in [0.25, 0.3) is 22.4 Å². The normalized spacial score (nSPS) is 22.7. The first-order chi connectivity index (χ1) is 18.0. The van der Waals surface area contributed by atoms with E-state index in [1.807, 2.05) is 30.3 Å². The van der Waals surface area contributed by atoms with Gasteiger partial charge in [0.25, 0.3) is 0 Å². The van der Waals surface area contributed by atoms with E-state index < -0.39 is 23.2 Å². The lowest BCUT2D eigenvalue weighted by Gasteiger charge is -2.50. The number of carbonyl (C=O) groups is 1. The molecule has 0 saturated heterocycles. The lowest BCUT2D eigenvalue weighted by atomic mass is 9.59. The maximum atomic E-state index is 14.0. The summed E-state index contributed by atoms with van der Waals surface area (Å²) in [4.78, 5) is 29.0. The van der Waals surface area contributed by atoms with Crippen LogP contribution in [0.5, 0.6) is 0 Å². The Hall–Kier alpha value is -4.25. The van der Waals surface area contributed by atoms with Crippen LogP contribution >= 0.6 is 0 Å². The number of aromatic nitrogens is 4. The molecule has 186 valence electrons. The molecule has 2 fully saturated rings. The number of halogens is 1. The first-order valence-corrected chi connectivity index (χ1v) is 12.6. The number of H-pyrrole nitrogens is 1. The highest BCUT2D eigenvalue weighted by atomic mass is 19.1. The van der Waals surface area contributed by atoms with Gasteiger partial charge in [-0.15, -0.1) is 0 Å². The van der Waals surface area contributed by atoms with Gasteiger partial charge in [-0.3, -0.25) is 4.79 Å². The molecular formula is C29H26FN5O2. The van der Waals surface area contributed by atoms with Gasteiger partial charge in [0, 0.05) is 28.8 Å². The highest BCUT2D eigenvalue weighted by molar-refractivity contribution is 5.91. The minimum Gasteiger partial charge on any atom is -0.481 e. The Balaban J connectivity index is 1.46. The predicted octanol–water partition coefficient (Wildman–Crippen LogP) is 5.39. The number of aliphatic carboxylic acids is 1. The summed E-state index contributed by atoms with van der Waals surface area (Å²) >= 11 is 0. The Bertz CT molecular complexity index is 1530. The van der Waals surface area contributed by atoms with Crippen LogP contribution in [0.15, 0.2) is 54.9 Å². The molecule has 0 amide bonds. The average molecular weight is 496 g/mol. The van der Waals surface area contributed by atoms with Gasteiger partial charge in [0.1, 0.15) is 23.0 Å². The van der Waals surface area contributed by atoms with Gasteiger partial charge in [-0.2, -0.15) is 0 Å². The number of hydrogen-bond acceptors (Lipinski definition) is 5. The van der Waals surface area contributed by atoms with E-state index in [1.54, 1.807) is 12.3 Å². The third kappa shape index (κ3) is 4.42. The predicted molar refractivity (Wildman–Crippen MR) is 138 cm³/mol. The largest absolute Gasteiger partial charge is 0.481 e. The number of nitrogens with one attached hydrogen (secondary N) is 2. The summed E-state index contributed by atoms with van der Waals surface area (Å²) in [5.74, 6) is 5.64. The SMILES string of the molecule is O=C(O)C1C2CCCC1(Nc1cc(C#Cc3ccccc3)nc(-c3c[nH]c4ncc(F)cc34)n1)CCC2. The number of hydrogen-bond donors (Lipinski definition) is 3. The first-order valence-electron chi connectivity index (χ1n) is 12.6. The van der Waals surface area contributed by atoms with Crippen molar-refractivity contribution in [2.24, 2.45) is 11.8 Å². The van der Waals surface area contributed by atoms with Crippen LogP contribution in [0.4, 0.5) is 10.2 Å². The van der Waals surface area contributed by atoms with Crippen LogP contribution in [0, 0.1) is 29.5 Å². The maximum absolute atomic E-state index is 14.0. The van der Waals surface area contributed by atoms with Crippen molar-refractivity contribution in [3.63, 3.8) is 0 Å². The fourth-order valence-electron chi connectivity index (χ4n) is 6.14. The molecule has 37 heavy (non-hydrogen) atoms. The number of nitrogens with zero attached hydrogens (tertiary/aromatic N) is 3. The molecule has 2 bridgehead atoms. The molecule has 3 aromatic heterocycles. The molecule has 1 atom stereocenters. The van der Waals surface area contributed by atoms with E-state index in [9.17, 15) is 14.3 Å². The first kappa shape index (κ1) is 23.2. The molecule has 2 saturated carbocycles. The second-order valence-electron chi connectivity index (χ2n) is 9.97. The molecule has 0 spiro atoms. The van der Waals surface area contributed by atoms with Crippen molar-refractivity contribution >= 4 is 22.8 Å². The van der Waals surface area contributed by atoms with E-state index >= 15 is 0 Å². The third-order valence-electron chi connectivity index (χ3n) is 7.68. The van der Waals surface area contributed by atoms with Gasteiger partial charge in [0.15, 0.2) is 5.82 Å². The highest BCUT2D eigenvalue weighted by Gasteiger charge is 2.52. The van der Waals surface area contributed by atoms with Gasteiger partial charge < -0.3 is 15.4 Å². The van der Waals surface area contributed by atoms with Crippen LogP contribution in [0.1, 0.15) is 49.8 Å². The molecule has 4 aromatic rings. The van der Waals surface area contributed by atoms with Gasteiger partial charge >= 0.3 is 5.97 Å².